The van der Waals surface area contributed by atoms with Crippen LogP contribution in [-0.2, 0) is 0 Å². The van der Waals surface area contributed by atoms with E-state index in [1.165, 1.54) is 19.3 Å². The zero-order chi connectivity index (χ0) is 12.5. The summed E-state index contributed by atoms with van der Waals surface area (Å²) in [6.07, 6.45) is 7.52. The average Bonchev–Trinajstić information content (AvgIpc) is 2.44. The normalized spacial score (nSPS) is 17.2. The van der Waals surface area contributed by atoms with E-state index in [1.807, 2.05) is 19.1 Å². The molecule has 1 aliphatic carbocycles. The number of hydrogen-bond acceptors (Lipinski definition) is 3. The summed E-state index contributed by atoms with van der Waals surface area (Å²) in [5.41, 5.74) is 1.58. The van der Waals surface area contributed by atoms with Gasteiger partial charge in [0.15, 0.2) is 0 Å². The van der Waals surface area contributed by atoms with Crippen molar-refractivity contribution in [3.05, 3.63) is 34.4 Å². The number of pyridine rings is 1. The molecule has 18 heavy (non-hydrogen) atoms. The van der Waals surface area contributed by atoms with Crippen molar-refractivity contribution in [1.29, 1.82) is 0 Å². The van der Waals surface area contributed by atoms with Gasteiger partial charge in [0.2, 0.25) is 0 Å². The Balaban J connectivity index is 2.18. The molecule has 0 amide bonds. The Morgan fingerprint density at radius 3 is 2.83 bits per heavy atom. The molecule has 0 radical (unpaired) electrons. The Morgan fingerprint density at radius 1 is 1.28 bits per heavy atom. The van der Waals surface area contributed by atoms with Gasteiger partial charge in [0.25, 0.3) is 5.56 Å². The largest absolute Gasteiger partial charge is 0.276 e. The van der Waals surface area contributed by atoms with Gasteiger partial charge in [0, 0.05) is 6.20 Å². The van der Waals surface area contributed by atoms with Crippen molar-refractivity contribution in [2.75, 3.05) is 0 Å². The summed E-state index contributed by atoms with van der Waals surface area (Å²) < 4.78 is 1.69. The minimum atomic E-state index is 0.00981. The molecular formula is C14H17N3O. The minimum absolute atomic E-state index is 0.00981. The first kappa shape index (κ1) is 11.4. The highest BCUT2D eigenvalue weighted by Gasteiger charge is 2.19. The zero-order valence-electron chi connectivity index (χ0n) is 10.6. The lowest BCUT2D eigenvalue weighted by Crippen LogP contribution is -2.29. The second-order valence-electron chi connectivity index (χ2n) is 5.03. The first-order valence-corrected chi connectivity index (χ1v) is 6.61. The number of aromatic nitrogens is 3. The lowest BCUT2D eigenvalue weighted by molar-refractivity contribution is 0.318. The van der Waals surface area contributed by atoms with Crippen molar-refractivity contribution in [3.63, 3.8) is 0 Å². The molecule has 0 spiro atoms. The van der Waals surface area contributed by atoms with Crippen molar-refractivity contribution >= 4 is 10.9 Å². The molecule has 1 saturated carbocycles. The van der Waals surface area contributed by atoms with Crippen LogP contribution in [0.4, 0.5) is 0 Å². The van der Waals surface area contributed by atoms with Gasteiger partial charge in [-0.3, -0.25) is 9.78 Å². The van der Waals surface area contributed by atoms with Gasteiger partial charge in [-0.2, -0.15) is 5.10 Å². The molecule has 0 aromatic carbocycles. The number of fused-ring (bicyclic) bond motifs is 1. The van der Waals surface area contributed by atoms with E-state index in [9.17, 15) is 4.79 Å². The lowest BCUT2D eigenvalue weighted by Gasteiger charge is -2.23. The number of aryl methyl sites for hydroxylation is 1. The maximum absolute atomic E-state index is 12.4. The van der Waals surface area contributed by atoms with Crippen LogP contribution < -0.4 is 5.56 Å². The summed E-state index contributed by atoms with van der Waals surface area (Å²) in [7, 11) is 0. The second-order valence-corrected chi connectivity index (χ2v) is 5.03. The maximum Gasteiger partial charge on any atom is 0.276 e. The molecule has 0 aliphatic heterocycles. The third-order valence-corrected chi connectivity index (χ3v) is 3.77. The molecule has 0 unspecified atom stereocenters. The van der Waals surface area contributed by atoms with Crippen molar-refractivity contribution in [1.82, 2.24) is 14.8 Å². The number of hydrogen-bond donors (Lipinski definition) is 0. The lowest BCUT2D eigenvalue weighted by atomic mass is 9.95. The third kappa shape index (κ3) is 1.82. The van der Waals surface area contributed by atoms with Crippen molar-refractivity contribution in [3.8, 4) is 0 Å². The highest BCUT2D eigenvalue weighted by molar-refractivity contribution is 5.78. The monoisotopic (exact) mass is 243 g/mol. The predicted octanol–water partition coefficient (Wildman–Crippen LogP) is 2.61. The summed E-state index contributed by atoms with van der Waals surface area (Å²) in [6.45, 7) is 1.92. The fourth-order valence-corrected chi connectivity index (χ4v) is 2.82. The molecule has 2 aromatic rings. The van der Waals surface area contributed by atoms with Crippen LogP contribution >= 0.6 is 0 Å². The fraction of sp³-hybridized carbons (Fsp3) is 0.500. The van der Waals surface area contributed by atoms with E-state index in [4.69, 9.17) is 0 Å². The van der Waals surface area contributed by atoms with E-state index in [0.717, 1.165) is 24.1 Å². The zero-order valence-corrected chi connectivity index (χ0v) is 10.6. The van der Waals surface area contributed by atoms with Crippen LogP contribution in [0.2, 0.25) is 0 Å². The Bertz CT molecular complexity index is 626. The van der Waals surface area contributed by atoms with E-state index in [0.29, 0.717) is 5.39 Å². The van der Waals surface area contributed by atoms with Gasteiger partial charge in [-0.15, -0.1) is 0 Å². The van der Waals surface area contributed by atoms with Gasteiger partial charge in [-0.25, -0.2) is 4.68 Å². The molecule has 4 heteroatoms. The molecule has 2 heterocycles. The Morgan fingerprint density at radius 2 is 2.06 bits per heavy atom. The summed E-state index contributed by atoms with van der Waals surface area (Å²) in [6, 6.07) is 3.93. The molecule has 94 valence electrons. The van der Waals surface area contributed by atoms with E-state index < -0.39 is 0 Å². The van der Waals surface area contributed by atoms with Crippen LogP contribution in [0.3, 0.4) is 0 Å². The van der Waals surface area contributed by atoms with Crippen molar-refractivity contribution in [2.24, 2.45) is 0 Å². The fourth-order valence-electron chi connectivity index (χ4n) is 2.82. The number of rotatable bonds is 1. The van der Waals surface area contributed by atoms with Gasteiger partial charge in [-0.1, -0.05) is 19.3 Å². The Labute approximate surface area is 106 Å². The standard InChI is InChI=1S/C14H17N3O/c1-10-13-12(8-5-9-15-13)14(18)17(16-10)11-6-3-2-4-7-11/h5,8-9,11H,2-4,6-7H2,1H3. The molecule has 4 nitrogen and oxygen atoms in total. The van der Waals surface area contributed by atoms with Gasteiger partial charge in [-0.05, 0) is 31.9 Å². The van der Waals surface area contributed by atoms with Gasteiger partial charge in [0.1, 0.15) is 0 Å². The summed E-state index contributed by atoms with van der Waals surface area (Å²) >= 11 is 0. The molecule has 0 saturated heterocycles. The third-order valence-electron chi connectivity index (χ3n) is 3.77. The summed E-state index contributed by atoms with van der Waals surface area (Å²) in [5.74, 6) is 0. The summed E-state index contributed by atoms with van der Waals surface area (Å²) in [4.78, 5) is 16.7. The summed E-state index contributed by atoms with van der Waals surface area (Å²) in [5, 5.41) is 5.16. The molecule has 1 aliphatic rings. The predicted molar refractivity (Wildman–Crippen MR) is 70.7 cm³/mol. The first-order valence-electron chi connectivity index (χ1n) is 6.61. The van der Waals surface area contributed by atoms with Gasteiger partial charge < -0.3 is 0 Å². The molecule has 3 rings (SSSR count). The first-order chi connectivity index (χ1) is 8.77. The van der Waals surface area contributed by atoms with Gasteiger partial charge >= 0.3 is 0 Å². The second kappa shape index (κ2) is 4.52. The van der Waals surface area contributed by atoms with Crippen LogP contribution in [0.1, 0.15) is 43.8 Å². The van der Waals surface area contributed by atoms with Crippen molar-refractivity contribution < 1.29 is 0 Å². The van der Waals surface area contributed by atoms with Crippen molar-refractivity contribution in [2.45, 2.75) is 45.1 Å². The van der Waals surface area contributed by atoms with E-state index in [-0.39, 0.29) is 11.6 Å². The van der Waals surface area contributed by atoms with Crippen LogP contribution in [0.5, 0.6) is 0 Å². The van der Waals surface area contributed by atoms with Crippen LogP contribution in [0.15, 0.2) is 23.1 Å². The highest BCUT2D eigenvalue weighted by atomic mass is 16.1. The smallest absolute Gasteiger partial charge is 0.267 e. The number of nitrogens with zero attached hydrogens (tertiary/aromatic N) is 3. The molecule has 2 aromatic heterocycles. The Hall–Kier alpha value is -1.71. The van der Waals surface area contributed by atoms with Crippen LogP contribution in [0.25, 0.3) is 10.9 Å². The molecule has 1 fully saturated rings. The van der Waals surface area contributed by atoms with Crippen LogP contribution in [0, 0.1) is 6.92 Å². The van der Waals surface area contributed by atoms with E-state index >= 15 is 0 Å². The maximum atomic E-state index is 12.4. The molecule has 0 bridgehead atoms. The molecule has 0 atom stereocenters. The Kier molecular flexibility index (Phi) is 2.86. The van der Waals surface area contributed by atoms with Gasteiger partial charge in [0.05, 0.1) is 22.6 Å². The SMILES string of the molecule is Cc1nn(C2CCCCC2)c(=O)c2cccnc12. The average molecular weight is 243 g/mol. The quantitative estimate of drug-likeness (QED) is 0.773. The van der Waals surface area contributed by atoms with E-state index in [1.54, 1.807) is 10.9 Å². The molecule has 0 N–H and O–H groups in total. The minimum Gasteiger partial charge on any atom is -0.267 e. The highest BCUT2D eigenvalue weighted by Crippen LogP contribution is 2.26. The van der Waals surface area contributed by atoms with E-state index in [2.05, 4.69) is 10.1 Å². The topological polar surface area (TPSA) is 47.8 Å². The molecular weight excluding hydrogens is 226 g/mol. The van der Waals surface area contributed by atoms with Crippen LogP contribution in [-0.4, -0.2) is 14.8 Å².